The largest absolute Gasteiger partial charge is 0.368 e. The third-order valence-electron chi connectivity index (χ3n) is 2.20. The van der Waals surface area contributed by atoms with Crippen molar-refractivity contribution >= 4 is 27.7 Å². The van der Waals surface area contributed by atoms with Crippen molar-refractivity contribution in [2.24, 2.45) is 0 Å². The van der Waals surface area contributed by atoms with Gasteiger partial charge in [0.2, 0.25) is 0 Å². The summed E-state index contributed by atoms with van der Waals surface area (Å²) < 4.78 is 6.15. The van der Waals surface area contributed by atoms with E-state index < -0.39 is 0 Å². The summed E-state index contributed by atoms with van der Waals surface area (Å²) in [5.74, 6) is 0.445. The second kappa shape index (κ2) is 4.72. The number of halogens is 1. The predicted molar refractivity (Wildman–Crippen MR) is 59.5 cm³/mol. The van der Waals surface area contributed by atoms with E-state index in [1.807, 2.05) is 6.07 Å². The Morgan fingerprint density at radius 2 is 2.47 bits per heavy atom. The number of nitrogens with one attached hydrogen (secondary N) is 1. The first-order valence-electron chi connectivity index (χ1n) is 4.80. The highest BCUT2D eigenvalue weighted by Crippen LogP contribution is 2.15. The molecule has 1 amide bonds. The highest BCUT2D eigenvalue weighted by atomic mass is 79.9. The molecule has 1 fully saturated rings. The van der Waals surface area contributed by atoms with Crippen LogP contribution < -0.4 is 5.32 Å². The normalized spacial score (nSPS) is 20.2. The van der Waals surface area contributed by atoms with Crippen LogP contribution in [0.15, 0.2) is 22.8 Å². The fourth-order valence-corrected chi connectivity index (χ4v) is 1.68. The summed E-state index contributed by atoms with van der Waals surface area (Å²) in [6, 6.07) is 3.58. The maximum Gasteiger partial charge on any atom is 0.254 e. The molecule has 0 bridgehead atoms. The Hall–Kier alpha value is -0.940. The van der Waals surface area contributed by atoms with Gasteiger partial charge in [-0.05, 0) is 40.9 Å². The van der Waals surface area contributed by atoms with E-state index in [-0.39, 0.29) is 12.0 Å². The van der Waals surface area contributed by atoms with Gasteiger partial charge in [0.1, 0.15) is 11.9 Å². The minimum Gasteiger partial charge on any atom is -0.368 e. The number of aromatic nitrogens is 1. The Morgan fingerprint density at radius 1 is 1.60 bits per heavy atom. The van der Waals surface area contributed by atoms with E-state index in [9.17, 15) is 4.79 Å². The molecule has 2 heterocycles. The Balaban J connectivity index is 1.96. The van der Waals surface area contributed by atoms with Crippen molar-refractivity contribution in [3.8, 4) is 0 Å². The lowest BCUT2D eigenvalue weighted by molar-refractivity contribution is -0.124. The lowest BCUT2D eigenvalue weighted by Crippen LogP contribution is -2.27. The summed E-state index contributed by atoms with van der Waals surface area (Å²) >= 11 is 3.28. The molecule has 1 N–H and O–H groups in total. The third-order valence-corrected chi connectivity index (χ3v) is 2.67. The van der Waals surface area contributed by atoms with Crippen LogP contribution in [-0.2, 0) is 9.53 Å². The number of carbonyl (C=O) groups is 1. The highest BCUT2D eigenvalue weighted by Gasteiger charge is 2.23. The molecule has 0 aromatic carbocycles. The number of rotatable bonds is 2. The van der Waals surface area contributed by atoms with E-state index in [0.29, 0.717) is 12.4 Å². The van der Waals surface area contributed by atoms with Crippen molar-refractivity contribution in [3.63, 3.8) is 0 Å². The molecular weight excluding hydrogens is 260 g/mol. The summed E-state index contributed by atoms with van der Waals surface area (Å²) in [7, 11) is 0. The van der Waals surface area contributed by atoms with Crippen molar-refractivity contribution in [2.75, 3.05) is 11.9 Å². The Morgan fingerprint density at radius 3 is 3.07 bits per heavy atom. The Labute approximate surface area is 96.2 Å². The standard InChI is InChI=1S/C10H11BrN2O2/c11-7-3-4-9(12-6-7)13-10(14)8-2-1-5-15-8/h3-4,6,8H,1-2,5H2,(H,12,13,14). The van der Waals surface area contributed by atoms with Crippen LogP contribution in [0, 0.1) is 0 Å². The number of ether oxygens (including phenoxy) is 1. The molecule has 1 aromatic heterocycles. The molecule has 0 radical (unpaired) electrons. The van der Waals surface area contributed by atoms with Gasteiger partial charge >= 0.3 is 0 Å². The van der Waals surface area contributed by atoms with Crippen molar-refractivity contribution in [3.05, 3.63) is 22.8 Å². The summed E-state index contributed by atoms with van der Waals surface area (Å²) in [5, 5.41) is 2.72. The molecule has 1 aliphatic rings. The van der Waals surface area contributed by atoms with Crippen LogP contribution >= 0.6 is 15.9 Å². The van der Waals surface area contributed by atoms with Crippen LogP contribution in [0.5, 0.6) is 0 Å². The van der Waals surface area contributed by atoms with Crippen molar-refractivity contribution in [1.29, 1.82) is 0 Å². The van der Waals surface area contributed by atoms with Gasteiger partial charge in [-0.2, -0.15) is 0 Å². The Kier molecular flexibility index (Phi) is 3.33. The molecule has 4 nitrogen and oxygen atoms in total. The van der Waals surface area contributed by atoms with E-state index in [2.05, 4.69) is 26.2 Å². The van der Waals surface area contributed by atoms with Gasteiger partial charge in [-0.25, -0.2) is 4.98 Å². The average Bonchev–Trinajstić information content (AvgIpc) is 2.74. The van der Waals surface area contributed by atoms with Crippen molar-refractivity contribution in [2.45, 2.75) is 18.9 Å². The summed E-state index contributed by atoms with van der Waals surface area (Å²) in [4.78, 5) is 15.7. The van der Waals surface area contributed by atoms with E-state index in [0.717, 1.165) is 17.3 Å². The first-order chi connectivity index (χ1) is 7.25. The van der Waals surface area contributed by atoms with Crippen LogP contribution in [0.3, 0.4) is 0 Å². The average molecular weight is 271 g/mol. The molecule has 5 heteroatoms. The molecular formula is C10H11BrN2O2. The van der Waals surface area contributed by atoms with Gasteiger partial charge in [-0.1, -0.05) is 0 Å². The van der Waals surface area contributed by atoms with Gasteiger partial charge in [0.25, 0.3) is 5.91 Å². The maximum atomic E-state index is 11.6. The lowest BCUT2D eigenvalue weighted by atomic mass is 10.2. The van der Waals surface area contributed by atoms with E-state index in [1.54, 1.807) is 12.3 Å². The van der Waals surface area contributed by atoms with Gasteiger partial charge in [0.05, 0.1) is 0 Å². The summed E-state index contributed by atoms with van der Waals surface area (Å²) in [6.07, 6.45) is 3.08. The van der Waals surface area contributed by atoms with Crippen molar-refractivity contribution in [1.82, 2.24) is 4.98 Å². The lowest BCUT2D eigenvalue weighted by Gasteiger charge is -2.09. The molecule has 1 aromatic rings. The number of anilines is 1. The molecule has 80 valence electrons. The second-order valence-electron chi connectivity index (χ2n) is 3.35. The van der Waals surface area contributed by atoms with Crippen LogP contribution in [-0.4, -0.2) is 23.6 Å². The Bertz CT molecular complexity index is 347. The van der Waals surface area contributed by atoms with Crippen LogP contribution in [0.2, 0.25) is 0 Å². The van der Waals surface area contributed by atoms with Gasteiger partial charge in [0, 0.05) is 17.3 Å². The zero-order valence-electron chi connectivity index (χ0n) is 8.07. The quantitative estimate of drug-likeness (QED) is 0.894. The summed E-state index contributed by atoms with van der Waals surface area (Å²) in [6.45, 7) is 0.672. The molecule has 0 aliphatic carbocycles. The fourth-order valence-electron chi connectivity index (χ4n) is 1.44. The van der Waals surface area contributed by atoms with Crippen LogP contribution in [0.25, 0.3) is 0 Å². The number of nitrogens with zero attached hydrogens (tertiary/aromatic N) is 1. The fraction of sp³-hybridized carbons (Fsp3) is 0.400. The van der Waals surface area contributed by atoms with Crippen LogP contribution in [0.4, 0.5) is 5.82 Å². The monoisotopic (exact) mass is 270 g/mol. The van der Waals surface area contributed by atoms with Gasteiger partial charge in [-0.3, -0.25) is 4.79 Å². The zero-order chi connectivity index (χ0) is 10.7. The number of pyridine rings is 1. The topological polar surface area (TPSA) is 51.2 Å². The minimum absolute atomic E-state index is 0.109. The highest BCUT2D eigenvalue weighted by molar-refractivity contribution is 9.10. The molecule has 0 saturated carbocycles. The van der Waals surface area contributed by atoms with E-state index in [1.165, 1.54) is 0 Å². The first-order valence-corrected chi connectivity index (χ1v) is 5.59. The molecule has 1 atom stereocenters. The molecule has 2 rings (SSSR count). The van der Waals surface area contributed by atoms with Gasteiger partial charge < -0.3 is 10.1 Å². The third kappa shape index (κ3) is 2.76. The van der Waals surface area contributed by atoms with Gasteiger partial charge in [0.15, 0.2) is 0 Å². The molecule has 1 unspecified atom stereocenters. The number of hydrogen-bond donors (Lipinski definition) is 1. The number of hydrogen-bond acceptors (Lipinski definition) is 3. The number of amides is 1. The maximum absolute atomic E-state index is 11.6. The van der Waals surface area contributed by atoms with Crippen molar-refractivity contribution < 1.29 is 9.53 Å². The van der Waals surface area contributed by atoms with Crippen LogP contribution in [0.1, 0.15) is 12.8 Å². The smallest absolute Gasteiger partial charge is 0.254 e. The number of carbonyl (C=O) groups excluding carboxylic acids is 1. The first kappa shape index (κ1) is 10.6. The van der Waals surface area contributed by atoms with E-state index >= 15 is 0 Å². The predicted octanol–water partition coefficient (Wildman–Crippen LogP) is 1.96. The molecule has 1 aliphatic heterocycles. The second-order valence-corrected chi connectivity index (χ2v) is 4.27. The molecule has 15 heavy (non-hydrogen) atoms. The van der Waals surface area contributed by atoms with Gasteiger partial charge in [-0.15, -0.1) is 0 Å². The minimum atomic E-state index is -0.310. The summed E-state index contributed by atoms with van der Waals surface area (Å²) in [5.41, 5.74) is 0. The SMILES string of the molecule is O=C(Nc1ccc(Br)cn1)C1CCCO1. The zero-order valence-corrected chi connectivity index (χ0v) is 9.66. The molecule has 0 spiro atoms. The van der Waals surface area contributed by atoms with E-state index in [4.69, 9.17) is 4.74 Å². The molecule has 1 saturated heterocycles.